The zero-order valence-corrected chi connectivity index (χ0v) is 8.53. The van der Waals surface area contributed by atoms with Gasteiger partial charge in [-0.15, -0.1) is 0 Å². The summed E-state index contributed by atoms with van der Waals surface area (Å²) in [4.78, 5) is 4.39. The van der Waals surface area contributed by atoms with Crippen molar-refractivity contribution in [3.8, 4) is 0 Å². The Morgan fingerprint density at radius 1 is 1.71 bits per heavy atom. The number of aliphatic hydroxyl groups is 1. The molecular weight excluding hydrogens is 178 g/mol. The van der Waals surface area contributed by atoms with E-state index in [1.165, 1.54) is 5.69 Å². The molecule has 1 aromatic heterocycles. The molecule has 0 fully saturated rings. The second-order valence-electron chi connectivity index (χ2n) is 3.80. The van der Waals surface area contributed by atoms with Crippen molar-refractivity contribution in [3.05, 3.63) is 17.7 Å². The topological polar surface area (TPSA) is 50.1 Å². The van der Waals surface area contributed by atoms with E-state index < -0.39 is 0 Å². The lowest BCUT2D eigenvalue weighted by molar-refractivity contribution is 0.233. The molecule has 4 heteroatoms. The van der Waals surface area contributed by atoms with Crippen LogP contribution in [0.5, 0.6) is 0 Å². The van der Waals surface area contributed by atoms with Crippen LogP contribution >= 0.6 is 0 Å². The average molecular weight is 195 g/mol. The summed E-state index contributed by atoms with van der Waals surface area (Å²) in [5, 5.41) is 12.3. The van der Waals surface area contributed by atoms with Gasteiger partial charge in [0.15, 0.2) is 0 Å². The van der Waals surface area contributed by atoms with Crippen LogP contribution in [-0.2, 0) is 19.5 Å². The van der Waals surface area contributed by atoms with Gasteiger partial charge in [0, 0.05) is 25.6 Å². The minimum atomic E-state index is 0.187. The maximum Gasteiger partial charge on any atom is 0.0952 e. The molecule has 0 saturated heterocycles. The van der Waals surface area contributed by atoms with E-state index >= 15 is 0 Å². The Kier molecular flexibility index (Phi) is 2.84. The lowest BCUT2D eigenvalue weighted by Crippen LogP contribution is -2.38. The van der Waals surface area contributed by atoms with Gasteiger partial charge in [-0.3, -0.25) is 0 Å². The number of hydrogen-bond donors (Lipinski definition) is 2. The van der Waals surface area contributed by atoms with Gasteiger partial charge in [-0.1, -0.05) is 6.92 Å². The molecule has 0 amide bonds. The molecule has 0 radical (unpaired) electrons. The molecule has 2 rings (SSSR count). The standard InChI is InChI=1S/C10H17N3O/c1-2-3-13-7-12-9-4-8(6-14)11-5-10(9)13/h7-8,11,14H,2-6H2,1H3. The largest absolute Gasteiger partial charge is 0.395 e. The predicted octanol–water partition coefficient (Wildman–Crippen LogP) is 0.300. The molecule has 2 N–H and O–H groups in total. The van der Waals surface area contributed by atoms with E-state index in [9.17, 15) is 0 Å². The van der Waals surface area contributed by atoms with Crippen LogP contribution in [-0.4, -0.2) is 27.3 Å². The number of rotatable bonds is 3. The van der Waals surface area contributed by atoms with Crippen LogP contribution < -0.4 is 5.32 Å². The van der Waals surface area contributed by atoms with Crippen molar-refractivity contribution in [2.45, 2.75) is 38.9 Å². The van der Waals surface area contributed by atoms with Crippen LogP contribution in [0, 0.1) is 0 Å². The SMILES string of the molecule is CCCn1cnc2c1CNC(CO)C2. The minimum Gasteiger partial charge on any atom is -0.395 e. The average Bonchev–Trinajstić information content (AvgIpc) is 2.61. The first-order valence-electron chi connectivity index (χ1n) is 5.22. The molecule has 1 aliphatic rings. The van der Waals surface area contributed by atoms with Gasteiger partial charge in [-0.05, 0) is 6.42 Å². The summed E-state index contributed by atoms with van der Waals surface area (Å²) in [6.07, 6.45) is 3.89. The third-order valence-electron chi connectivity index (χ3n) is 2.72. The minimum absolute atomic E-state index is 0.187. The molecule has 0 aliphatic carbocycles. The monoisotopic (exact) mass is 195 g/mol. The fourth-order valence-corrected chi connectivity index (χ4v) is 1.93. The number of hydrogen-bond acceptors (Lipinski definition) is 3. The molecule has 1 aromatic rings. The van der Waals surface area contributed by atoms with E-state index in [4.69, 9.17) is 5.11 Å². The Morgan fingerprint density at radius 2 is 2.57 bits per heavy atom. The van der Waals surface area contributed by atoms with Crippen LogP contribution in [0.15, 0.2) is 6.33 Å². The zero-order valence-electron chi connectivity index (χ0n) is 8.53. The summed E-state index contributed by atoms with van der Waals surface area (Å²) in [5.41, 5.74) is 2.44. The van der Waals surface area contributed by atoms with Gasteiger partial charge in [0.2, 0.25) is 0 Å². The highest BCUT2D eigenvalue weighted by molar-refractivity contribution is 5.17. The number of imidazole rings is 1. The number of aliphatic hydroxyl groups excluding tert-OH is 1. The molecule has 0 aromatic carbocycles. The number of aromatic nitrogens is 2. The number of aryl methyl sites for hydroxylation is 1. The van der Waals surface area contributed by atoms with E-state index in [1.807, 2.05) is 6.33 Å². The van der Waals surface area contributed by atoms with Gasteiger partial charge in [-0.2, -0.15) is 0 Å². The quantitative estimate of drug-likeness (QED) is 0.729. The van der Waals surface area contributed by atoms with E-state index in [-0.39, 0.29) is 12.6 Å². The number of fused-ring (bicyclic) bond motifs is 1. The molecule has 0 spiro atoms. The second kappa shape index (κ2) is 4.11. The molecule has 14 heavy (non-hydrogen) atoms. The Bertz CT molecular complexity index is 308. The summed E-state index contributed by atoms with van der Waals surface area (Å²) in [6.45, 7) is 4.23. The Hall–Kier alpha value is -0.870. The van der Waals surface area contributed by atoms with Gasteiger partial charge < -0.3 is 15.0 Å². The molecule has 2 heterocycles. The van der Waals surface area contributed by atoms with Crippen molar-refractivity contribution >= 4 is 0 Å². The summed E-state index contributed by atoms with van der Waals surface area (Å²) in [7, 11) is 0. The van der Waals surface area contributed by atoms with Crippen LogP contribution in [0.2, 0.25) is 0 Å². The van der Waals surface area contributed by atoms with Crippen molar-refractivity contribution in [2.75, 3.05) is 6.61 Å². The fraction of sp³-hybridized carbons (Fsp3) is 0.700. The van der Waals surface area contributed by atoms with E-state index in [2.05, 4.69) is 21.8 Å². The number of nitrogens with one attached hydrogen (secondary N) is 1. The maximum atomic E-state index is 9.03. The second-order valence-corrected chi connectivity index (χ2v) is 3.80. The van der Waals surface area contributed by atoms with Gasteiger partial charge in [0.05, 0.1) is 24.3 Å². The highest BCUT2D eigenvalue weighted by Crippen LogP contribution is 2.15. The number of nitrogens with zero attached hydrogens (tertiary/aromatic N) is 2. The van der Waals surface area contributed by atoms with E-state index in [0.29, 0.717) is 0 Å². The van der Waals surface area contributed by atoms with Gasteiger partial charge >= 0.3 is 0 Å². The molecule has 1 unspecified atom stereocenters. The highest BCUT2D eigenvalue weighted by atomic mass is 16.3. The van der Waals surface area contributed by atoms with Crippen molar-refractivity contribution < 1.29 is 5.11 Å². The van der Waals surface area contributed by atoms with Gasteiger partial charge in [0.25, 0.3) is 0 Å². The van der Waals surface area contributed by atoms with Crippen LogP contribution in [0.4, 0.5) is 0 Å². The normalized spacial score (nSPS) is 20.9. The Balaban J connectivity index is 2.16. The van der Waals surface area contributed by atoms with Gasteiger partial charge in [-0.25, -0.2) is 4.98 Å². The fourth-order valence-electron chi connectivity index (χ4n) is 1.93. The van der Waals surface area contributed by atoms with Crippen LogP contribution in [0.25, 0.3) is 0 Å². The lowest BCUT2D eigenvalue weighted by Gasteiger charge is -2.22. The van der Waals surface area contributed by atoms with Crippen molar-refractivity contribution in [1.82, 2.24) is 14.9 Å². The molecule has 78 valence electrons. The first-order chi connectivity index (χ1) is 6.85. The summed E-state index contributed by atoms with van der Waals surface area (Å²) in [6, 6.07) is 0.187. The van der Waals surface area contributed by atoms with E-state index in [1.54, 1.807) is 0 Å². The maximum absolute atomic E-state index is 9.03. The van der Waals surface area contributed by atoms with Crippen molar-refractivity contribution in [1.29, 1.82) is 0 Å². The molecular formula is C10H17N3O. The van der Waals surface area contributed by atoms with Crippen LogP contribution in [0.3, 0.4) is 0 Å². The molecule has 1 atom stereocenters. The first-order valence-corrected chi connectivity index (χ1v) is 5.22. The Morgan fingerprint density at radius 3 is 3.29 bits per heavy atom. The highest BCUT2D eigenvalue weighted by Gasteiger charge is 2.20. The van der Waals surface area contributed by atoms with Crippen LogP contribution in [0.1, 0.15) is 24.7 Å². The summed E-state index contributed by atoms with van der Waals surface area (Å²) >= 11 is 0. The third-order valence-corrected chi connectivity index (χ3v) is 2.72. The summed E-state index contributed by atoms with van der Waals surface area (Å²) < 4.78 is 2.20. The first kappa shape index (κ1) is 9.68. The Labute approximate surface area is 84.0 Å². The van der Waals surface area contributed by atoms with Crippen molar-refractivity contribution in [3.63, 3.8) is 0 Å². The lowest BCUT2D eigenvalue weighted by atomic mass is 10.1. The predicted molar refractivity (Wildman–Crippen MR) is 53.9 cm³/mol. The molecule has 4 nitrogen and oxygen atoms in total. The molecule has 1 aliphatic heterocycles. The van der Waals surface area contributed by atoms with E-state index in [0.717, 1.165) is 31.6 Å². The summed E-state index contributed by atoms with van der Waals surface area (Å²) in [5.74, 6) is 0. The zero-order chi connectivity index (χ0) is 9.97. The molecule has 0 bridgehead atoms. The van der Waals surface area contributed by atoms with Crippen molar-refractivity contribution in [2.24, 2.45) is 0 Å². The third kappa shape index (κ3) is 1.67. The smallest absolute Gasteiger partial charge is 0.0952 e. The van der Waals surface area contributed by atoms with Gasteiger partial charge in [0.1, 0.15) is 0 Å². The molecule has 0 saturated carbocycles.